The zero-order chi connectivity index (χ0) is 36.7. The Kier molecular flexibility index (Phi) is 6.56. The minimum Gasteiger partial charge on any atom is -0.309 e. The average molecular weight is 714 g/mol. The lowest BCUT2D eigenvalue weighted by Crippen LogP contribution is -2.01. The van der Waals surface area contributed by atoms with E-state index in [1.54, 1.807) is 0 Å². The van der Waals surface area contributed by atoms with Crippen molar-refractivity contribution in [1.29, 1.82) is 0 Å². The van der Waals surface area contributed by atoms with E-state index in [2.05, 4.69) is 179 Å². The van der Waals surface area contributed by atoms with E-state index >= 15 is 0 Å². The Balaban J connectivity index is 1.05. The van der Waals surface area contributed by atoms with Crippen LogP contribution >= 0.6 is 0 Å². The van der Waals surface area contributed by atoms with Gasteiger partial charge in [-0.3, -0.25) is 0 Å². The van der Waals surface area contributed by atoms with E-state index in [1.165, 1.54) is 60.3 Å². The van der Waals surface area contributed by atoms with Crippen molar-refractivity contribution < 1.29 is 0 Å². The highest BCUT2D eigenvalue weighted by Crippen LogP contribution is 2.47. The second kappa shape index (κ2) is 11.9. The number of nitrogens with zero attached hydrogens (tertiary/aromatic N) is 5. The third-order valence-corrected chi connectivity index (χ3v) is 11.3. The van der Waals surface area contributed by atoms with Crippen LogP contribution in [0.2, 0.25) is 0 Å². The largest absolute Gasteiger partial charge is 0.309 e. The molecule has 5 nitrogen and oxygen atoms in total. The van der Waals surface area contributed by atoms with Crippen molar-refractivity contribution in [2.24, 2.45) is 0 Å². The van der Waals surface area contributed by atoms with Crippen molar-refractivity contribution >= 4 is 43.6 Å². The van der Waals surface area contributed by atoms with E-state index in [4.69, 9.17) is 15.0 Å². The van der Waals surface area contributed by atoms with Gasteiger partial charge >= 0.3 is 0 Å². The van der Waals surface area contributed by atoms with Gasteiger partial charge in [-0.05, 0) is 59.7 Å². The Morgan fingerprint density at radius 2 is 0.804 bits per heavy atom. The van der Waals surface area contributed by atoms with Gasteiger partial charge in [-0.15, -0.1) is 0 Å². The van der Waals surface area contributed by atoms with Crippen molar-refractivity contribution in [3.63, 3.8) is 0 Å². The molecule has 5 heteroatoms. The Morgan fingerprint density at radius 3 is 1.52 bits per heavy atom. The molecule has 0 aliphatic carbocycles. The van der Waals surface area contributed by atoms with Gasteiger partial charge in [0.2, 0.25) is 0 Å². The van der Waals surface area contributed by atoms with Crippen molar-refractivity contribution in [2.45, 2.75) is 0 Å². The molecule has 0 fully saturated rings. The molecule has 0 bridgehead atoms. The van der Waals surface area contributed by atoms with Crippen LogP contribution in [0.3, 0.4) is 0 Å². The number of rotatable bonds is 4. The minimum absolute atomic E-state index is 0.629. The summed E-state index contributed by atoms with van der Waals surface area (Å²) in [5, 5.41) is 4.89. The molecular weight excluding hydrogens is 683 g/mol. The SMILES string of the molecule is c1ccc(-c2nc(-c3ccc(-n4c5ccccc5c5ccccc54)cc3)nc(-c3ccc4c5cccc6c5n(c4c3)-c3ccccc3-c3ccccc3-6)n2)cc1. The van der Waals surface area contributed by atoms with Gasteiger partial charge in [-0.2, -0.15) is 0 Å². The standard InChI is InChI=1S/C51H31N5/c1-2-13-32(14-3-1)49-52-50(33-25-28-35(29-26-33)55-44-22-9-7-18-39(44)40-19-8-10-23-45(40)55)54-51(53-49)34-27-30-41-43-21-12-20-42-37-16-5-4-15-36(37)38-17-6-11-24-46(38)56(48(42)43)47(41)31-34/h1-31H. The fraction of sp³-hybridized carbons (Fsp3) is 0. The van der Waals surface area contributed by atoms with Gasteiger partial charge in [-0.25, -0.2) is 15.0 Å². The molecule has 0 radical (unpaired) electrons. The lowest BCUT2D eigenvalue weighted by atomic mass is 9.94. The normalized spacial score (nSPS) is 11.9. The maximum atomic E-state index is 5.20. The monoisotopic (exact) mass is 713 g/mol. The van der Waals surface area contributed by atoms with Crippen LogP contribution in [-0.2, 0) is 0 Å². The van der Waals surface area contributed by atoms with E-state index in [9.17, 15) is 0 Å². The highest BCUT2D eigenvalue weighted by molar-refractivity contribution is 6.17. The molecule has 260 valence electrons. The van der Waals surface area contributed by atoms with Gasteiger partial charge in [0.05, 0.1) is 27.8 Å². The molecule has 3 aromatic heterocycles. The molecule has 1 aliphatic heterocycles. The van der Waals surface area contributed by atoms with Crippen molar-refractivity contribution in [2.75, 3.05) is 0 Å². The van der Waals surface area contributed by atoms with Gasteiger partial charge in [0.15, 0.2) is 17.5 Å². The number of para-hydroxylation sites is 4. The molecule has 56 heavy (non-hydrogen) atoms. The van der Waals surface area contributed by atoms with E-state index in [-0.39, 0.29) is 0 Å². The average Bonchev–Trinajstić information content (AvgIpc) is 3.75. The van der Waals surface area contributed by atoms with Crippen molar-refractivity contribution in [3.05, 3.63) is 188 Å². The van der Waals surface area contributed by atoms with Crippen LogP contribution in [0.5, 0.6) is 0 Å². The number of hydrogen-bond acceptors (Lipinski definition) is 3. The summed E-state index contributed by atoms with van der Waals surface area (Å²) < 4.78 is 4.77. The first-order valence-electron chi connectivity index (χ1n) is 19.0. The highest BCUT2D eigenvalue weighted by atomic mass is 15.0. The molecule has 1 aliphatic rings. The molecule has 0 amide bonds. The quantitative estimate of drug-likeness (QED) is 0.182. The van der Waals surface area contributed by atoms with Gasteiger partial charge in [0.25, 0.3) is 0 Å². The lowest BCUT2D eigenvalue weighted by Gasteiger charge is -2.13. The predicted octanol–water partition coefficient (Wildman–Crippen LogP) is 12.7. The first-order chi connectivity index (χ1) is 27.8. The van der Waals surface area contributed by atoms with Crippen LogP contribution in [0.25, 0.3) is 111 Å². The molecule has 0 N–H and O–H groups in total. The topological polar surface area (TPSA) is 48.5 Å². The van der Waals surface area contributed by atoms with Gasteiger partial charge in [0.1, 0.15) is 0 Å². The summed E-state index contributed by atoms with van der Waals surface area (Å²) in [6.45, 7) is 0. The minimum atomic E-state index is 0.629. The third kappa shape index (κ3) is 4.52. The molecule has 11 aromatic rings. The lowest BCUT2D eigenvalue weighted by molar-refractivity contribution is 1.07. The van der Waals surface area contributed by atoms with E-state index in [1.807, 2.05) is 18.2 Å². The smallest absolute Gasteiger partial charge is 0.164 e. The Morgan fingerprint density at radius 1 is 0.304 bits per heavy atom. The summed E-state index contributed by atoms with van der Waals surface area (Å²) in [6, 6.07) is 66.7. The Labute approximate surface area is 322 Å². The predicted molar refractivity (Wildman–Crippen MR) is 229 cm³/mol. The first kappa shape index (κ1) is 30.8. The van der Waals surface area contributed by atoms with Gasteiger partial charge < -0.3 is 9.13 Å². The Hall–Kier alpha value is -7.63. The van der Waals surface area contributed by atoms with Crippen LogP contribution in [0.15, 0.2) is 188 Å². The second-order valence-corrected chi connectivity index (χ2v) is 14.4. The fourth-order valence-electron chi connectivity index (χ4n) is 8.83. The fourth-order valence-corrected chi connectivity index (χ4v) is 8.83. The number of fused-ring (bicyclic) bond motifs is 11. The van der Waals surface area contributed by atoms with Crippen LogP contribution in [-0.4, -0.2) is 24.1 Å². The summed E-state index contributed by atoms with van der Waals surface area (Å²) in [5.74, 6) is 1.90. The molecule has 4 heterocycles. The summed E-state index contributed by atoms with van der Waals surface area (Å²) in [6.07, 6.45) is 0. The molecule has 0 spiro atoms. The third-order valence-electron chi connectivity index (χ3n) is 11.3. The molecule has 8 aromatic carbocycles. The van der Waals surface area contributed by atoms with Gasteiger partial charge in [-0.1, -0.05) is 140 Å². The van der Waals surface area contributed by atoms with E-state index < -0.39 is 0 Å². The van der Waals surface area contributed by atoms with Crippen LogP contribution < -0.4 is 0 Å². The zero-order valence-corrected chi connectivity index (χ0v) is 30.1. The first-order valence-corrected chi connectivity index (χ1v) is 19.0. The Bertz CT molecular complexity index is 3300. The molecule has 0 atom stereocenters. The molecular formula is C51H31N5. The maximum Gasteiger partial charge on any atom is 0.164 e. The van der Waals surface area contributed by atoms with Crippen molar-refractivity contribution in [3.8, 4) is 67.8 Å². The van der Waals surface area contributed by atoms with Crippen molar-refractivity contribution in [1.82, 2.24) is 24.1 Å². The number of benzene rings is 8. The highest BCUT2D eigenvalue weighted by Gasteiger charge is 2.24. The van der Waals surface area contributed by atoms with E-state index in [0.29, 0.717) is 17.5 Å². The van der Waals surface area contributed by atoms with Crippen LogP contribution in [0.1, 0.15) is 0 Å². The number of aromatic nitrogens is 5. The molecule has 0 saturated carbocycles. The molecule has 0 saturated heterocycles. The summed E-state index contributed by atoms with van der Waals surface area (Å²) >= 11 is 0. The second-order valence-electron chi connectivity index (χ2n) is 14.4. The maximum absolute atomic E-state index is 5.20. The van der Waals surface area contributed by atoms with Crippen LogP contribution in [0, 0.1) is 0 Å². The van der Waals surface area contributed by atoms with Gasteiger partial charge in [0, 0.05) is 55.0 Å². The van der Waals surface area contributed by atoms with E-state index in [0.717, 1.165) is 33.6 Å². The summed E-state index contributed by atoms with van der Waals surface area (Å²) in [5.41, 5.74) is 14.6. The van der Waals surface area contributed by atoms with Crippen LogP contribution in [0.4, 0.5) is 0 Å². The summed E-state index contributed by atoms with van der Waals surface area (Å²) in [4.78, 5) is 15.4. The molecule has 12 rings (SSSR count). The zero-order valence-electron chi connectivity index (χ0n) is 30.1. The number of hydrogen-bond donors (Lipinski definition) is 0. The molecule has 0 unspecified atom stereocenters. The summed E-state index contributed by atoms with van der Waals surface area (Å²) in [7, 11) is 0.